The monoisotopic (exact) mass is 619 g/mol. The molecule has 0 atom stereocenters. The number of H-pyrrole nitrogens is 1. The largest absolute Gasteiger partial charge is 0.416 e. The molecule has 45 heavy (non-hydrogen) atoms. The summed E-state index contributed by atoms with van der Waals surface area (Å²) in [4.78, 5) is 28.2. The molecule has 3 N–H and O–H groups in total. The standard InChI is InChI=1S/C33H36F3N7O2/c1-32(2,3)25-13-15-28(16-14-25)43(20-21-9-11-23(12-10-21)29(44)38-30-39-41-42-40-30)31(45)37-27-18-24(22-7-5-4-6-8-22)17-26(19-27)33(34,35)36/h4-12,17-19,25,28H,13-16,20H2,1-3H3,(H,37,45)(H2,38,39,40,41,42,44). The molecule has 1 fully saturated rings. The minimum absolute atomic E-state index is 0.0443. The number of anilines is 2. The van der Waals surface area contributed by atoms with Crippen molar-refractivity contribution in [2.24, 2.45) is 11.3 Å². The minimum atomic E-state index is -4.59. The molecule has 5 rings (SSSR count). The van der Waals surface area contributed by atoms with Gasteiger partial charge in [0.05, 0.1) is 5.56 Å². The number of halogens is 3. The summed E-state index contributed by atoms with van der Waals surface area (Å²) >= 11 is 0. The van der Waals surface area contributed by atoms with E-state index in [-0.39, 0.29) is 29.6 Å². The minimum Gasteiger partial charge on any atom is -0.317 e. The Bertz CT molecular complexity index is 1590. The molecule has 12 heteroatoms. The van der Waals surface area contributed by atoms with Gasteiger partial charge in [0.1, 0.15) is 0 Å². The Balaban J connectivity index is 1.39. The zero-order valence-electron chi connectivity index (χ0n) is 25.4. The number of tetrazole rings is 1. The molecule has 3 aromatic carbocycles. The van der Waals surface area contributed by atoms with Crippen LogP contribution in [0.1, 0.15) is 67.9 Å². The first kappa shape index (κ1) is 31.7. The Morgan fingerprint density at radius 2 is 1.58 bits per heavy atom. The van der Waals surface area contributed by atoms with Crippen LogP contribution in [0.2, 0.25) is 0 Å². The summed E-state index contributed by atoms with van der Waals surface area (Å²) < 4.78 is 41.7. The molecule has 1 heterocycles. The Hall–Kier alpha value is -4.74. The highest BCUT2D eigenvalue weighted by Crippen LogP contribution is 2.40. The number of nitrogens with zero attached hydrogens (tertiary/aromatic N) is 4. The van der Waals surface area contributed by atoms with Gasteiger partial charge in [0.2, 0.25) is 0 Å². The maximum atomic E-state index is 13.9. The van der Waals surface area contributed by atoms with Crippen LogP contribution in [0, 0.1) is 11.3 Å². The normalized spacial score (nSPS) is 17.0. The summed E-state index contributed by atoms with van der Waals surface area (Å²) in [5, 5.41) is 18.4. The van der Waals surface area contributed by atoms with Crippen LogP contribution in [-0.2, 0) is 12.7 Å². The van der Waals surface area contributed by atoms with Gasteiger partial charge in [0, 0.05) is 23.8 Å². The maximum Gasteiger partial charge on any atom is 0.416 e. The van der Waals surface area contributed by atoms with E-state index in [4.69, 9.17) is 0 Å². The van der Waals surface area contributed by atoms with Crippen molar-refractivity contribution >= 4 is 23.6 Å². The summed E-state index contributed by atoms with van der Waals surface area (Å²) in [5.41, 5.74) is 1.46. The second kappa shape index (κ2) is 13.1. The summed E-state index contributed by atoms with van der Waals surface area (Å²) in [6.07, 6.45) is -1.16. The van der Waals surface area contributed by atoms with Crippen LogP contribution in [0.25, 0.3) is 11.1 Å². The van der Waals surface area contributed by atoms with Crippen molar-refractivity contribution in [3.8, 4) is 11.1 Å². The van der Waals surface area contributed by atoms with Crippen molar-refractivity contribution in [2.75, 3.05) is 10.6 Å². The number of hydrogen-bond acceptors (Lipinski definition) is 5. The molecule has 1 aliphatic carbocycles. The fourth-order valence-corrected chi connectivity index (χ4v) is 5.82. The predicted octanol–water partition coefficient (Wildman–Crippen LogP) is 7.78. The lowest BCUT2D eigenvalue weighted by atomic mass is 9.71. The molecule has 0 spiro atoms. The molecule has 9 nitrogen and oxygen atoms in total. The van der Waals surface area contributed by atoms with Crippen molar-refractivity contribution in [2.45, 2.75) is 65.2 Å². The third-order valence-corrected chi connectivity index (χ3v) is 8.38. The Morgan fingerprint density at radius 3 is 2.18 bits per heavy atom. The van der Waals surface area contributed by atoms with Gasteiger partial charge in [0.25, 0.3) is 11.9 Å². The van der Waals surface area contributed by atoms with Crippen LogP contribution in [0.3, 0.4) is 0 Å². The van der Waals surface area contributed by atoms with Gasteiger partial charge in [0.15, 0.2) is 0 Å². The van der Waals surface area contributed by atoms with E-state index in [2.05, 4.69) is 52.0 Å². The van der Waals surface area contributed by atoms with Crippen LogP contribution in [0.15, 0.2) is 72.8 Å². The van der Waals surface area contributed by atoms with Crippen LogP contribution in [-0.4, -0.2) is 43.5 Å². The molecular weight excluding hydrogens is 583 g/mol. The third-order valence-electron chi connectivity index (χ3n) is 8.38. The quantitative estimate of drug-likeness (QED) is 0.195. The van der Waals surface area contributed by atoms with Crippen molar-refractivity contribution in [3.05, 3.63) is 89.5 Å². The van der Waals surface area contributed by atoms with Crippen LogP contribution in [0.5, 0.6) is 0 Å². The van der Waals surface area contributed by atoms with E-state index < -0.39 is 23.7 Å². The number of benzene rings is 3. The first-order chi connectivity index (χ1) is 21.4. The number of nitrogens with one attached hydrogen (secondary N) is 3. The topological polar surface area (TPSA) is 116 Å². The number of hydrogen-bond donors (Lipinski definition) is 3. The molecule has 0 bridgehead atoms. The molecule has 1 aromatic heterocycles. The highest BCUT2D eigenvalue weighted by atomic mass is 19.4. The molecule has 0 unspecified atom stereocenters. The first-order valence-electron chi connectivity index (χ1n) is 14.9. The van der Waals surface area contributed by atoms with E-state index in [1.54, 1.807) is 65.6 Å². The third kappa shape index (κ3) is 8.05. The molecule has 0 aliphatic heterocycles. The second-order valence-corrected chi connectivity index (χ2v) is 12.5. The van der Waals surface area contributed by atoms with E-state index >= 15 is 0 Å². The number of alkyl halides is 3. The number of aromatic nitrogens is 4. The average Bonchev–Trinajstić information content (AvgIpc) is 3.52. The van der Waals surface area contributed by atoms with E-state index in [1.165, 1.54) is 0 Å². The van der Waals surface area contributed by atoms with E-state index in [0.717, 1.165) is 43.4 Å². The van der Waals surface area contributed by atoms with Gasteiger partial charge in [-0.05, 0) is 89.3 Å². The van der Waals surface area contributed by atoms with Crippen LogP contribution < -0.4 is 10.6 Å². The molecule has 1 saturated carbocycles. The summed E-state index contributed by atoms with van der Waals surface area (Å²) in [6, 6.07) is 18.6. The van der Waals surface area contributed by atoms with Gasteiger partial charge in [-0.25, -0.2) is 4.79 Å². The van der Waals surface area contributed by atoms with Crippen molar-refractivity contribution in [1.82, 2.24) is 25.5 Å². The molecule has 4 aromatic rings. The fraction of sp³-hybridized carbons (Fsp3) is 0.364. The molecule has 0 radical (unpaired) electrons. The van der Waals surface area contributed by atoms with Crippen molar-refractivity contribution in [1.29, 1.82) is 0 Å². The van der Waals surface area contributed by atoms with Crippen molar-refractivity contribution < 1.29 is 22.8 Å². The lowest BCUT2D eigenvalue weighted by Gasteiger charge is -2.41. The lowest BCUT2D eigenvalue weighted by Crippen LogP contribution is -2.45. The number of aromatic amines is 1. The van der Waals surface area contributed by atoms with Gasteiger partial charge < -0.3 is 10.2 Å². The van der Waals surface area contributed by atoms with Crippen LogP contribution in [0.4, 0.5) is 29.6 Å². The zero-order valence-corrected chi connectivity index (χ0v) is 25.4. The number of carbonyl (C=O) groups excluding carboxylic acids is 2. The van der Waals surface area contributed by atoms with Gasteiger partial charge in [-0.2, -0.15) is 18.4 Å². The highest BCUT2D eigenvalue weighted by molar-refractivity contribution is 6.03. The summed E-state index contributed by atoms with van der Waals surface area (Å²) in [7, 11) is 0. The molecule has 3 amide bonds. The highest BCUT2D eigenvalue weighted by Gasteiger charge is 2.35. The average molecular weight is 620 g/mol. The van der Waals surface area contributed by atoms with Gasteiger partial charge in [-0.15, -0.1) is 5.10 Å². The molecular formula is C33H36F3N7O2. The number of amides is 3. The van der Waals surface area contributed by atoms with E-state index in [0.29, 0.717) is 22.6 Å². The van der Waals surface area contributed by atoms with Gasteiger partial charge >= 0.3 is 12.2 Å². The Kier molecular flexibility index (Phi) is 9.21. The van der Waals surface area contributed by atoms with Crippen molar-refractivity contribution in [3.63, 3.8) is 0 Å². The zero-order chi connectivity index (χ0) is 32.2. The first-order valence-corrected chi connectivity index (χ1v) is 14.9. The molecule has 1 aliphatic rings. The van der Waals surface area contributed by atoms with E-state index in [1.807, 2.05) is 0 Å². The van der Waals surface area contributed by atoms with Gasteiger partial charge in [-0.3, -0.25) is 10.1 Å². The maximum absolute atomic E-state index is 13.9. The Labute approximate surface area is 259 Å². The predicted molar refractivity (Wildman–Crippen MR) is 165 cm³/mol. The number of urea groups is 1. The molecule has 236 valence electrons. The summed E-state index contributed by atoms with van der Waals surface area (Å²) in [6.45, 7) is 6.87. The SMILES string of the molecule is CC(C)(C)C1CCC(N(Cc2ccc(C(=O)Nc3nn[nH]n3)cc2)C(=O)Nc2cc(-c3ccccc3)cc(C(F)(F)F)c2)CC1. The van der Waals surface area contributed by atoms with E-state index in [9.17, 15) is 22.8 Å². The Morgan fingerprint density at radius 1 is 0.889 bits per heavy atom. The van der Waals surface area contributed by atoms with Crippen LogP contribution >= 0.6 is 0 Å². The number of carbonyl (C=O) groups is 2. The summed E-state index contributed by atoms with van der Waals surface area (Å²) in [5.74, 6) is 0.132. The second-order valence-electron chi connectivity index (χ2n) is 12.5. The smallest absolute Gasteiger partial charge is 0.317 e. The number of rotatable bonds is 7. The molecule has 0 saturated heterocycles. The lowest BCUT2D eigenvalue weighted by molar-refractivity contribution is -0.137. The van der Waals surface area contributed by atoms with Gasteiger partial charge in [-0.1, -0.05) is 68.3 Å². The fourth-order valence-electron chi connectivity index (χ4n) is 5.82.